The molecule has 0 aromatic heterocycles. The van der Waals surface area contributed by atoms with Crippen LogP contribution in [0.4, 0.5) is 0 Å². The Morgan fingerprint density at radius 1 is 1.38 bits per heavy atom. The van der Waals surface area contributed by atoms with Crippen LogP contribution in [-0.4, -0.2) is 30.3 Å². The molecule has 0 saturated carbocycles. The summed E-state index contributed by atoms with van der Waals surface area (Å²) in [5.74, 6) is 0.276. The molecule has 0 aromatic carbocycles. The second-order valence-electron chi connectivity index (χ2n) is 2.22. The van der Waals surface area contributed by atoms with Gasteiger partial charge in [0.2, 0.25) is 0 Å². The highest BCUT2D eigenvalue weighted by molar-refractivity contribution is 8.05. The van der Waals surface area contributed by atoms with Gasteiger partial charge < -0.3 is 9.05 Å². The minimum Gasteiger partial charge on any atom is -0.308 e. The van der Waals surface area contributed by atoms with Gasteiger partial charge in [-0.2, -0.15) is 0 Å². The van der Waals surface area contributed by atoms with Gasteiger partial charge in [-0.05, 0) is 20.1 Å². The molecule has 3 nitrogen and oxygen atoms in total. The summed E-state index contributed by atoms with van der Waals surface area (Å²) in [6.45, 7) is 4.34. The van der Waals surface area contributed by atoms with Crippen LogP contribution < -0.4 is 0 Å². The molecule has 0 heterocycles. The molecule has 0 aromatic rings. The van der Waals surface area contributed by atoms with E-state index in [1.165, 1.54) is 11.8 Å². The van der Waals surface area contributed by atoms with Crippen LogP contribution >= 0.6 is 31.0 Å². The third kappa shape index (κ3) is 4.22. The molecule has 0 saturated heterocycles. The molecule has 0 N–H and O–H groups in total. The summed E-state index contributed by atoms with van der Waals surface area (Å²) in [5, 5.41) is 0. The predicted molar refractivity (Wildman–Crippen MR) is 58.9 cm³/mol. The highest BCUT2D eigenvalue weighted by Crippen LogP contribution is 2.56. The van der Waals surface area contributed by atoms with E-state index in [4.69, 9.17) is 20.6 Å². The van der Waals surface area contributed by atoms with Gasteiger partial charge in [0.1, 0.15) is 4.99 Å². The van der Waals surface area contributed by atoms with E-state index in [9.17, 15) is 4.57 Å². The summed E-state index contributed by atoms with van der Waals surface area (Å²) in [7, 11) is -3.00. The molecule has 0 rings (SSSR count). The lowest BCUT2D eigenvalue weighted by Crippen LogP contribution is -2.11. The molecular weight excluding hydrogens is 231 g/mol. The van der Waals surface area contributed by atoms with Crippen molar-refractivity contribution in [1.29, 1.82) is 0 Å². The molecule has 13 heavy (non-hydrogen) atoms. The van der Waals surface area contributed by atoms with Gasteiger partial charge in [-0.25, -0.2) is 0 Å². The minimum absolute atomic E-state index is 0.269. The molecule has 0 bridgehead atoms. The summed E-state index contributed by atoms with van der Waals surface area (Å²) in [5.41, 5.74) is 0. The highest BCUT2D eigenvalue weighted by atomic mass is 35.5. The van der Waals surface area contributed by atoms with Gasteiger partial charge in [0.05, 0.1) is 13.2 Å². The van der Waals surface area contributed by atoms with Crippen LogP contribution in [0.1, 0.15) is 13.8 Å². The highest BCUT2D eigenvalue weighted by Gasteiger charge is 2.34. The van der Waals surface area contributed by atoms with Crippen LogP contribution in [0.5, 0.6) is 0 Å². The fourth-order valence-electron chi connectivity index (χ4n) is 0.840. The van der Waals surface area contributed by atoms with Crippen LogP contribution in [0, 0.1) is 0 Å². The normalized spacial score (nSPS) is 14.5. The predicted octanol–water partition coefficient (Wildman–Crippen LogP) is 3.18. The Kier molecular flexibility index (Phi) is 7.56. The topological polar surface area (TPSA) is 35.5 Å². The summed E-state index contributed by atoms with van der Waals surface area (Å²) in [4.78, 5) is -0.269. The van der Waals surface area contributed by atoms with Gasteiger partial charge in [-0.1, -0.05) is 0 Å². The van der Waals surface area contributed by atoms with Gasteiger partial charge >= 0.3 is 7.60 Å². The van der Waals surface area contributed by atoms with Crippen molar-refractivity contribution in [3.05, 3.63) is 0 Å². The maximum atomic E-state index is 12.0. The first-order valence-electron chi connectivity index (χ1n) is 4.12. The number of rotatable bonds is 7. The molecular formula is C7H16ClO3PS. The third-order valence-corrected chi connectivity index (χ3v) is 6.32. The molecule has 1 atom stereocenters. The standard InChI is InChI=1S/C7H16ClO3PS/c1-4-10-12(9,11-5-2)7(6-8)13-3/h7H,4-6H2,1-3H3. The summed E-state index contributed by atoms with van der Waals surface area (Å²) in [6, 6.07) is 0. The first kappa shape index (κ1) is 13.8. The largest absolute Gasteiger partial charge is 0.344 e. The average molecular weight is 247 g/mol. The van der Waals surface area contributed by atoms with E-state index in [1.807, 2.05) is 6.26 Å². The number of hydrogen-bond donors (Lipinski definition) is 0. The lowest BCUT2D eigenvalue weighted by Gasteiger charge is -2.22. The van der Waals surface area contributed by atoms with E-state index < -0.39 is 7.60 Å². The molecule has 0 aliphatic heterocycles. The van der Waals surface area contributed by atoms with Crippen molar-refractivity contribution in [3.8, 4) is 0 Å². The van der Waals surface area contributed by atoms with Crippen LogP contribution in [0.15, 0.2) is 0 Å². The van der Waals surface area contributed by atoms with Crippen molar-refractivity contribution >= 4 is 31.0 Å². The Hall–Kier alpha value is 0.790. The van der Waals surface area contributed by atoms with Crippen molar-refractivity contribution in [2.24, 2.45) is 0 Å². The summed E-state index contributed by atoms with van der Waals surface area (Å²) < 4.78 is 22.3. The summed E-state index contributed by atoms with van der Waals surface area (Å²) >= 11 is 7.08. The number of hydrogen-bond acceptors (Lipinski definition) is 4. The van der Waals surface area contributed by atoms with E-state index in [0.29, 0.717) is 13.2 Å². The van der Waals surface area contributed by atoms with Crippen LogP contribution in [-0.2, 0) is 13.6 Å². The monoisotopic (exact) mass is 246 g/mol. The first-order chi connectivity index (χ1) is 6.14. The second-order valence-corrected chi connectivity index (χ2v) is 6.14. The molecule has 6 heteroatoms. The van der Waals surface area contributed by atoms with Crippen molar-refractivity contribution in [1.82, 2.24) is 0 Å². The van der Waals surface area contributed by atoms with Gasteiger partial charge in [0.25, 0.3) is 0 Å². The SMILES string of the molecule is CCOP(=O)(OCC)C(CCl)SC. The van der Waals surface area contributed by atoms with Gasteiger partial charge in [0, 0.05) is 5.88 Å². The fourth-order valence-corrected chi connectivity index (χ4v) is 4.54. The molecule has 0 aliphatic carbocycles. The van der Waals surface area contributed by atoms with Crippen LogP contribution in [0.25, 0.3) is 0 Å². The maximum Gasteiger partial charge on any atom is 0.344 e. The molecule has 0 spiro atoms. The van der Waals surface area contributed by atoms with Crippen molar-refractivity contribution in [3.63, 3.8) is 0 Å². The molecule has 1 unspecified atom stereocenters. The number of alkyl halides is 1. The molecule has 0 aliphatic rings. The third-order valence-electron chi connectivity index (χ3n) is 1.37. The van der Waals surface area contributed by atoms with Gasteiger partial charge in [-0.15, -0.1) is 23.4 Å². The number of thioether (sulfide) groups is 1. The van der Waals surface area contributed by atoms with Crippen molar-refractivity contribution in [2.45, 2.75) is 18.8 Å². The molecule has 80 valence electrons. The smallest absolute Gasteiger partial charge is 0.308 e. The Bertz CT molecular complexity index is 165. The lowest BCUT2D eigenvalue weighted by molar-refractivity contribution is 0.219. The quantitative estimate of drug-likeness (QED) is 0.511. The first-order valence-corrected chi connectivity index (χ1v) is 7.55. The fraction of sp³-hybridized carbons (Fsp3) is 1.00. The molecule has 0 amide bonds. The number of halogens is 1. The Morgan fingerprint density at radius 2 is 1.85 bits per heavy atom. The van der Waals surface area contributed by atoms with Gasteiger partial charge in [-0.3, -0.25) is 4.57 Å². The Balaban J connectivity index is 4.44. The lowest BCUT2D eigenvalue weighted by atomic mass is 10.9. The molecule has 0 radical (unpaired) electrons. The van der Waals surface area contributed by atoms with Crippen molar-refractivity contribution in [2.75, 3.05) is 25.3 Å². The maximum absolute atomic E-state index is 12.0. The van der Waals surface area contributed by atoms with E-state index in [-0.39, 0.29) is 10.9 Å². The second kappa shape index (κ2) is 7.13. The van der Waals surface area contributed by atoms with Crippen LogP contribution in [0.3, 0.4) is 0 Å². The van der Waals surface area contributed by atoms with Gasteiger partial charge in [0.15, 0.2) is 0 Å². The van der Waals surface area contributed by atoms with Crippen LogP contribution in [0.2, 0.25) is 0 Å². The Labute approximate surface area is 89.0 Å². The Morgan fingerprint density at radius 3 is 2.08 bits per heavy atom. The molecule has 0 fully saturated rings. The van der Waals surface area contributed by atoms with Crippen molar-refractivity contribution < 1.29 is 13.6 Å². The zero-order valence-corrected chi connectivity index (χ0v) is 10.6. The average Bonchev–Trinajstić information content (AvgIpc) is 2.07. The van der Waals surface area contributed by atoms with E-state index >= 15 is 0 Å². The minimum atomic E-state index is -3.00. The van der Waals surface area contributed by atoms with E-state index in [0.717, 1.165) is 0 Å². The van der Waals surface area contributed by atoms with E-state index in [2.05, 4.69) is 0 Å². The van der Waals surface area contributed by atoms with E-state index in [1.54, 1.807) is 13.8 Å². The zero-order valence-electron chi connectivity index (χ0n) is 8.16. The zero-order chi connectivity index (χ0) is 10.3. The summed E-state index contributed by atoms with van der Waals surface area (Å²) in [6.07, 6.45) is 1.84.